The van der Waals surface area contributed by atoms with Crippen molar-refractivity contribution in [2.24, 2.45) is 5.92 Å². The number of ether oxygens (including phenoxy) is 1. The highest BCUT2D eigenvalue weighted by Gasteiger charge is 2.18. The third kappa shape index (κ3) is 4.97. The van der Waals surface area contributed by atoms with Crippen molar-refractivity contribution in [1.82, 2.24) is 0 Å². The zero-order valence-electron chi connectivity index (χ0n) is 12.6. The van der Waals surface area contributed by atoms with Crippen molar-refractivity contribution < 1.29 is 29.3 Å². The largest absolute Gasteiger partial charge is 0.478 e. The van der Waals surface area contributed by atoms with E-state index in [-0.39, 0.29) is 23.7 Å². The van der Waals surface area contributed by atoms with Gasteiger partial charge in [0.2, 0.25) is 0 Å². The van der Waals surface area contributed by atoms with Gasteiger partial charge in [-0.2, -0.15) is 5.26 Å². The minimum Gasteiger partial charge on any atom is -0.478 e. The predicted molar refractivity (Wildman–Crippen MR) is 79.7 cm³/mol. The van der Waals surface area contributed by atoms with Crippen LogP contribution in [0.25, 0.3) is 5.57 Å². The van der Waals surface area contributed by atoms with Gasteiger partial charge in [-0.3, -0.25) is 0 Å². The fourth-order valence-corrected chi connectivity index (χ4v) is 1.66. The van der Waals surface area contributed by atoms with E-state index < -0.39 is 29.0 Å². The molecule has 0 amide bonds. The summed E-state index contributed by atoms with van der Waals surface area (Å²) in [6, 6.07) is 5.15. The molecule has 0 aliphatic heterocycles. The summed E-state index contributed by atoms with van der Waals surface area (Å²) < 4.78 is 4.92. The van der Waals surface area contributed by atoms with Crippen LogP contribution < -0.4 is 0 Å². The fourth-order valence-electron chi connectivity index (χ4n) is 1.66. The molecule has 0 aliphatic rings. The van der Waals surface area contributed by atoms with Gasteiger partial charge in [-0.1, -0.05) is 19.9 Å². The lowest BCUT2D eigenvalue weighted by Crippen LogP contribution is -2.09. The SMILES string of the molecule is CC(C)COC(=O)C=C(C#N)c1ccc(C(=O)O)c(C(=O)O)c1. The minimum absolute atomic E-state index is 0.113. The third-order valence-corrected chi connectivity index (χ3v) is 2.73. The number of carbonyl (C=O) groups is 3. The van der Waals surface area contributed by atoms with E-state index in [1.54, 1.807) is 6.07 Å². The Morgan fingerprint density at radius 3 is 2.30 bits per heavy atom. The number of carbonyl (C=O) groups excluding carboxylic acids is 1. The van der Waals surface area contributed by atoms with Gasteiger partial charge in [0, 0.05) is 6.08 Å². The zero-order valence-corrected chi connectivity index (χ0v) is 12.6. The van der Waals surface area contributed by atoms with Gasteiger partial charge in [-0.05, 0) is 23.6 Å². The normalized spacial score (nSPS) is 11.0. The minimum atomic E-state index is -1.44. The van der Waals surface area contributed by atoms with E-state index in [4.69, 9.17) is 20.2 Å². The van der Waals surface area contributed by atoms with Crippen LogP contribution in [0, 0.1) is 17.2 Å². The van der Waals surface area contributed by atoms with E-state index in [1.165, 1.54) is 6.07 Å². The quantitative estimate of drug-likeness (QED) is 0.468. The van der Waals surface area contributed by atoms with Gasteiger partial charge in [0.25, 0.3) is 0 Å². The Hall–Kier alpha value is -3.14. The Morgan fingerprint density at radius 1 is 1.22 bits per heavy atom. The summed E-state index contributed by atoms with van der Waals surface area (Å²) in [4.78, 5) is 33.7. The molecule has 2 N–H and O–H groups in total. The Bertz CT molecular complexity index is 712. The molecule has 0 saturated heterocycles. The van der Waals surface area contributed by atoms with E-state index >= 15 is 0 Å². The van der Waals surface area contributed by atoms with Crippen molar-refractivity contribution in [2.45, 2.75) is 13.8 Å². The average Bonchev–Trinajstić information content (AvgIpc) is 2.49. The molecular formula is C16H15NO6. The van der Waals surface area contributed by atoms with Crippen LogP contribution in [0.5, 0.6) is 0 Å². The molecule has 7 nitrogen and oxygen atoms in total. The van der Waals surface area contributed by atoms with Crippen LogP contribution in [0.3, 0.4) is 0 Å². The van der Waals surface area contributed by atoms with Gasteiger partial charge in [0.1, 0.15) is 6.07 Å². The van der Waals surface area contributed by atoms with Crippen molar-refractivity contribution >= 4 is 23.5 Å². The molecule has 1 rings (SSSR count). The zero-order chi connectivity index (χ0) is 17.6. The molecule has 0 atom stereocenters. The molecule has 23 heavy (non-hydrogen) atoms. The predicted octanol–water partition coefficient (Wildman–Crippen LogP) is 2.19. The summed E-state index contributed by atoms with van der Waals surface area (Å²) in [6.07, 6.45) is 0.948. The number of benzene rings is 1. The molecule has 0 radical (unpaired) electrons. The second-order valence-electron chi connectivity index (χ2n) is 5.06. The number of allylic oxidation sites excluding steroid dienone is 1. The number of carboxylic acids is 2. The lowest BCUT2D eigenvalue weighted by atomic mass is 9.99. The smallest absolute Gasteiger partial charge is 0.336 e. The summed E-state index contributed by atoms with van der Waals surface area (Å²) in [7, 11) is 0. The highest BCUT2D eigenvalue weighted by molar-refractivity contribution is 6.03. The summed E-state index contributed by atoms with van der Waals surface area (Å²) in [5.41, 5.74) is -0.859. The van der Waals surface area contributed by atoms with E-state index in [2.05, 4.69) is 0 Å². The maximum Gasteiger partial charge on any atom is 0.336 e. The first-order valence-corrected chi connectivity index (χ1v) is 6.65. The number of carboxylic acid groups (broad SMARTS) is 2. The molecule has 7 heteroatoms. The summed E-state index contributed by atoms with van der Waals surface area (Å²) in [6.45, 7) is 3.89. The molecule has 0 fully saturated rings. The van der Waals surface area contributed by atoms with E-state index in [1.807, 2.05) is 13.8 Å². The molecule has 0 saturated carbocycles. The lowest BCUT2D eigenvalue weighted by molar-refractivity contribution is -0.138. The molecule has 1 aromatic rings. The number of nitrogens with zero attached hydrogens (tertiary/aromatic N) is 1. The van der Waals surface area contributed by atoms with Crippen molar-refractivity contribution in [3.8, 4) is 6.07 Å². The Kier molecular flexibility index (Phi) is 6.04. The van der Waals surface area contributed by atoms with Gasteiger partial charge >= 0.3 is 17.9 Å². The van der Waals surface area contributed by atoms with Gasteiger partial charge in [-0.15, -0.1) is 0 Å². The number of esters is 1. The Balaban J connectivity index is 3.19. The first-order valence-electron chi connectivity index (χ1n) is 6.65. The standard InChI is InChI=1S/C16H15NO6/c1-9(2)8-23-14(18)6-11(7-17)10-3-4-12(15(19)20)13(5-10)16(21)22/h3-6,9H,8H2,1-2H3,(H,19,20)(H,21,22). The van der Waals surface area contributed by atoms with Gasteiger partial charge in [-0.25, -0.2) is 14.4 Å². The van der Waals surface area contributed by atoms with Crippen LogP contribution in [0.15, 0.2) is 24.3 Å². The lowest BCUT2D eigenvalue weighted by Gasteiger charge is -2.06. The van der Waals surface area contributed by atoms with Crippen LogP contribution in [-0.4, -0.2) is 34.7 Å². The van der Waals surface area contributed by atoms with Gasteiger partial charge < -0.3 is 14.9 Å². The highest BCUT2D eigenvalue weighted by atomic mass is 16.5. The molecule has 0 bridgehead atoms. The summed E-state index contributed by atoms with van der Waals surface area (Å²) in [5.74, 6) is -3.43. The second kappa shape index (κ2) is 7.75. The first-order chi connectivity index (χ1) is 10.8. The van der Waals surface area contributed by atoms with Crippen LogP contribution in [0.4, 0.5) is 0 Å². The first kappa shape index (κ1) is 17.9. The van der Waals surface area contributed by atoms with Gasteiger partial charge in [0.15, 0.2) is 0 Å². The number of rotatable bonds is 6. The van der Waals surface area contributed by atoms with Crippen molar-refractivity contribution in [2.75, 3.05) is 6.61 Å². The molecule has 0 heterocycles. The Labute approximate surface area is 132 Å². The van der Waals surface area contributed by atoms with E-state index in [0.29, 0.717) is 0 Å². The van der Waals surface area contributed by atoms with Crippen LogP contribution >= 0.6 is 0 Å². The monoisotopic (exact) mass is 317 g/mol. The number of hydrogen-bond donors (Lipinski definition) is 2. The number of aromatic carboxylic acids is 2. The van der Waals surface area contributed by atoms with Crippen molar-refractivity contribution in [3.05, 3.63) is 41.0 Å². The highest BCUT2D eigenvalue weighted by Crippen LogP contribution is 2.19. The fraction of sp³-hybridized carbons (Fsp3) is 0.250. The maximum atomic E-state index is 11.6. The third-order valence-electron chi connectivity index (χ3n) is 2.73. The van der Waals surface area contributed by atoms with Crippen molar-refractivity contribution in [1.29, 1.82) is 5.26 Å². The molecule has 0 aliphatic carbocycles. The second-order valence-corrected chi connectivity index (χ2v) is 5.06. The molecule has 0 unspecified atom stereocenters. The molecule has 120 valence electrons. The molecule has 1 aromatic carbocycles. The van der Waals surface area contributed by atoms with Crippen LogP contribution in [0.2, 0.25) is 0 Å². The van der Waals surface area contributed by atoms with Crippen LogP contribution in [0.1, 0.15) is 40.1 Å². The van der Waals surface area contributed by atoms with Crippen LogP contribution in [-0.2, 0) is 9.53 Å². The van der Waals surface area contributed by atoms with Crippen molar-refractivity contribution in [3.63, 3.8) is 0 Å². The summed E-state index contributed by atoms with van der Waals surface area (Å²) in [5, 5.41) is 27.1. The molecule has 0 aromatic heterocycles. The topological polar surface area (TPSA) is 125 Å². The average molecular weight is 317 g/mol. The maximum absolute atomic E-state index is 11.6. The Morgan fingerprint density at radius 2 is 1.83 bits per heavy atom. The van der Waals surface area contributed by atoms with E-state index in [9.17, 15) is 14.4 Å². The number of hydrogen-bond acceptors (Lipinski definition) is 5. The van der Waals surface area contributed by atoms with E-state index in [0.717, 1.165) is 18.2 Å². The number of nitriles is 1. The molecular weight excluding hydrogens is 302 g/mol. The summed E-state index contributed by atoms with van der Waals surface area (Å²) >= 11 is 0. The van der Waals surface area contributed by atoms with Gasteiger partial charge in [0.05, 0.1) is 23.3 Å². The molecule has 0 spiro atoms.